The van der Waals surface area contributed by atoms with Crippen LogP contribution < -0.4 is 16.0 Å². The molecule has 0 atom stereocenters. The molecule has 15 heteroatoms. The minimum Gasteiger partial charge on any atom is -0.504 e. The first-order valence-electron chi connectivity index (χ1n) is 15.6. The summed E-state index contributed by atoms with van der Waals surface area (Å²) >= 11 is 0. The number of rotatable bonds is 19. The average molecular weight is 683 g/mol. The van der Waals surface area contributed by atoms with Gasteiger partial charge in [0.25, 0.3) is 0 Å². The van der Waals surface area contributed by atoms with Crippen LogP contribution in [0.1, 0.15) is 55.2 Å². The van der Waals surface area contributed by atoms with Gasteiger partial charge in [0, 0.05) is 61.1 Å². The zero-order chi connectivity index (χ0) is 36.1. The minimum absolute atomic E-state index is 0.121. The van der Waals surface area contributed by atoms with Crippen molar-refractivity contribution in [3.05, 3.63) is 106 Å². The Morgan fingerprint density at radius 3 is 1.47 bits per heavy atom. The lowest BCUT2D eigenvalue weighted by atomic mass is 9.84. The molecular weight excluding hydrogens is 640 g/mol. The van der Waals surface area contributed by atoms with E-state index in [1.165, 1.54) is 36.4 Å². The van der Waals surface area contributed by atoms with E-state index in [4.69, 9.17) is 0 Å². The molecule has 0 aromatic heterocycles. The number of benzene rings is 3. The Hall–Kier alpha value is -5.09. The fourth-order valence-corrected chi connectivity index (χ4v) is 5.08. The smallest absolute Gasteiger partial charge is 0.223 e. The van der Waals surface area contributed by atoms with Crippen molar-refractivity contribution < 1.29 is 49.9 Å². The summed E-state index contributed by atoms with van der Waals surface area (Å²) in [6.07, 6.45) is -2.08. The molecule has 0 saturated heterocycles. The number of nitrogens with zero attached hydrogens (tertiary/aromatic N) is 1. The van der Waals surface area contributed by atoms with Gasteiger partial charge in [-0.3, -0.25) is 24.5 Å². The van der Waals surface area contributed by atoms with E-state index in [1.54, 1.807) is 42.5 Å². The molecule has 0 heterocycles. The first-order chi connectivity index (χ1) is 23.1. The molecule has 0 aliphatic rings. The maximum Gasteiger partial charge on any atom is 0.223 e. The molecule has 49 heavy (non-hydrogen) atoms. The summed E-state index contributed by atoms with van der Waals surface area (Å²) in [7, 11) is 0. The molecule has 264 valence electrons. The van der Waals surface area contributed by atoms with Crippen molar-refractivity contribution >= 4 is 17.7 Å². The predicted molar refractivity (Wildman–Crippen MR) is 175 cm³/mol. The summed E-state index contributed by atoms with van der Waals surface area (Å²) in [5.41, 5.74) is -1.07. The molecule has 3 aromatic rings. The highest BCUT2D eigenvalue weighted by Crippen LogP contribution is 2.30. The van der Waals surface area contributed by atoms with Crippen LogP contribution in [0.2, 0.25) is 0 Å². The molecule has 0 aliphatic carbocycles. The Morgan fingerprint density at radius 1 is 0.633 bits per heavy atom. The molecule has 0 radical (unpaired) electrons. The van der Waals surface area contributed by atoms with Crippen LogP contribution in [-0.2, 0) is 32.4 Å². The number of hydrogen-bond donors (Lipinski definition) is 9. The van der Waals surface area contributed by atoms with Crippen molar-refractivity contribution in [2.75, 3.05) is 19.6 Å². The van der Waals surface area contributed by atoms with Gasteiger partial charge in [0.1, 0.15) is 0 Å². The number of carbonyl (C=O) groups is 3. The Morgan fingerprint density at radius 2 is 1.06 bits per heavy atom. The van der Waals surface area contributed by atoms with Gasteiger partial charge < -0.3 is 46.6 Å². The maximum absolute atomic E-state index is 12.7. The molecule has 0 unspecified atom stereocenters. The molecule has 3 aromatic carbocycles. The predicted octanol–water partition coefficient (Wildman–Crippen LogP) is 1.02. The lowest BCUT2D eigenvalue weighted by Crippen LogP contribution is -2.45. The van der Waals surface area contributed by atoms with Crippen molar-refractivity contribution in [1.82, 2.24) is 16.0 Å². The van der Waals surface area contributed by atoms with E-state index in [1.807, 2.05) is 0 Å². The van der Waals surface area contributed by atoms with Crippen LogP contribution in [0.5, 0.6) is 11.5 Å². The van der Waals surface area contributed by atoms with Crippen molar-refractivity contribution in [2.45, 2.75) is 62.1 Å². The number of hydrogen-bond acceptors (Lipinski definition) is 11. The van der Waals surface area contributed by atoms with Gasteiger partial charge in [-0.05, 0) is 24.1 Å². The monoisotopic (exact) mass is 682 g/mol. The maximum atomic E-state index is 12.7. The first kappa shape index (κ1) is 38.4. The van der Waals surface area contributed by atoms with Gasteiger partial charge in [0.2, 0.25) is 34.8 Å². The molecule has 0 saturated carbocycles. The van der Waals surface area contributed by atoms with E-state index < -0.39 is 78.5 Å². The van der Waals surface area contributed by atoms with Crippen molar-refractivity contribution in [3.8, 4) is 11.5 Å². The van der Waals surface area contributed by atoms with E-state index in [2.05, 4.69) is 16.0 Å². The average Bonchev–Trinajstić information content (AvgIpc) is 3.08. The third-order valence-electron chi connectivity index (χ3n) is 8.15. The number of carbonyl (C=O) groups excluding carboxylic acids is 3. The molecule has 0 bridgehead atoms. The van der Waals surface area contributed by atoms with Gasteiger partial charge in [-0.2, -0.15) is 0 Å². The van der Waals surface area contributed by atoms with Crippen LogP contribution in [0.25, 0.3) is 0 Å². The lowest BCUT2D eigenvalue weighted by Gasteiger charge is -2.26. The number of phenolic OH excluding ortho intramolecular Hbond substituents is 2. The second-order valence-corrected chi connectivity index (χ2v) is 11.8. The minimum atomic E-state index is -2.40. The zero-order valence-electron chi connectivity index (χ0n) is 26.7. The fraction of sp³-hybridized carbons (Fsp3) is 0.382. The number of phenols is 2. The number of aliphatic hydroxyl groups is 4. The van der Waals surface area contributed by atoms with Gasteiger partial charge in [-0.15, -0.1) is 0 Å². The van der Waals surface area contributed by atoms with E-state index in [0.29, 0.717) is 12.0 Å². The van der Waals surface area contributed by atoms with Gasteiger partial charge in [0.15, 0.2) is 11.5 Å². The molecule has 9 N–H and O–H groups in total. The van der Waals surface area contributed by atoms with Gasteiger partial charge >= 0.3 is 0 Å². The van der Waals surface area contributed by atoms with Crippen molar-refractivity contribution in [2.24, 2.45) is 0 Å². The van der Waals surface area contributed by atoms with E-state index >= 15 is 0 Å². The molecule has 3 amide bonds. The largest absolute Gasteiger partial charge is 0.504 e. The highest BCUT2D eigenvalue weighted by molar-refractivity contribution is 5.77. The van der Waals surface area contributed by atoms with Gasteiger partial charge in [0.05, 0.1) is 13.1 Å². The van der Waals surface area contributed by atoms with Crippen LogP contribution >= 0.6 is 0 Å². The summed E-state index contributed by atoms with van der Waals surface area (Å²) in [5.74, 6) is -7.41. The van der Waals surface area contributed by atoms with E-state index in [0.717, 1.165) is 0 Å². The van der Waals surface area contributed by atoms with Gasteiger partial charge in [-0.25, -0.2) is 0 Å². The number of aromatic hydroxyl groups is 2. The summed E-state index contributed by atoms with van der Waals surface area (Å²) < 4.78 is 0. The topological polar surface area (TPSA) is 252 Å². The number of amides is 3. The molecular formula is C34H42N4O11. The summed E-state index contributed by atoms with van der Waals surface area (Å²) in [5, 5.41) is 80.5. The Kier molecular flexibility index (Phi) is 13.6. The summed E-state index contributed by atoms with van der Waals surface area (Å²) in [6, 6.07) is 19.7. The molecule has 0 spiro atoms. The quantitative estimate of drug-likeness (QED) is 0.0374. The Balaban J connectivity index is 1.64. The van der Waals surface area contributed by atoms with Crippen LogP contribution in [0.3, 0.4) is 0 Å². The first-order valence-corrected chi connectivity index (χ1v) is 15.6. The van der Waals surface area contributed by atoms with E-state index in [9.17, 15) is 55.1 Å². The van der Waals surface area contributed by atoms with Crippen molar-refractivity contribution in [3.63, 3.8) is 0 Å². The van der Waals surface area contributed by atoms with Gasteiger partial charge in [-0.1, -0.05) is 66.7 Å². The number of nitrogens with one attached hydrogen (secondary N) is 3. The normalized spacial score (nSPS) is 11.8. The molecule has 15 nitrogen and oxygen atoms in total. The van der Waals surface area contributed by atoms with E-state index in [-0.39, 0.29) is 42.0 Å². The Bertz CT molecular complexity index is 1500. The Labute approximate surface area is 282 Å². The third-order valence-corrected chi connectivity index (χ3v) is 8.15. The summed E-state index contributed by atoms with van der Waals surface area (Å²) in [4.78, 5) is 50.1. The van der Waals surface area contributed by atoms with Crippen LogP contribution in [-0.4, -0.2) is 78.5 Å². The zero-order valence-corrected chi connectivity index (χ0v) is 26.7. The fourth-order valence-electron chi connectivity index (χ4n) is 5.08. The lowest BCUT2D eigenvalue weighted by molar-refractivity contribution is -0.573. The van der Waals surface area contributed by atoms with Crippen LogP contribution in [0, 0.1) is 10.1 Å². The van der Waals surface area contributed by atoms with Crippen LogP contribution in [0.15, 0.2) is 78.9 Å². The van der Waals surface area contributed by atoms with Crippen molar-refractivity contribution in [1.29, 1.82) is 0 Å². The molecule has 0 aliphatic heterocycles. The summed E-state index contributed by atoms with van der Waals surface area (Å²) in [6.45, 7) is -1.08. The number of nitro groups is 1. The second-order valence-electron chi connectivity index (χ2n) is 11.8. The SMILES string of the molecule is O=C(CCC(CCC(=O)NCC(O)(O)c1ccccc1)(CCC(=O)NCC(O)(O)c1ccccc1)[N+](=O)[O-])NCCc1ccc(O)c(O)c1. The second kappa shape index (κ2) is 17.3. The highest BCUT2D eigenvalue weighted by atomic mass is 16.6. The standard InChI is InChI=1S/C34H42N4O11/c39-27-12-11-24(21-28(27)40)16-20-35-29(41)13-17-32(38(48)49,18-14-30(42)36-22-33(44,45)25-7-3-1-4-8-25)19-15-31(43)37-23-34(46,47)26-9-5-2-6-10-26/h1-12,21,39-40,44-47H,13-20,22-23H2,(H,35,41)(H,36,42)(H,37,43). The molecule has 3 rings (SSSR count). The van der Waals surface area contributed by atoms with Crippen LogP contribution in [0.4, 0.5) is 0 Å². The third kappa shape index (κ3) is 11.8. The molecule has 0 fully saturated rings. The highest BCUT2D eigenvalue weighted by Gasteiger charge is 2.43.